The van der Waals surface area contributed by atoms with Crippen molar-refractivity contribution in [3.05, 3.63) is 125 Å². The molecule has 1 unspecified atom stereocenters. The summed E-state index contributed by atoms with van der Waals surface area (Å²) in [4.78, 5) is 0. The number of hydrogen-bond acceptors (Lipinski definition) is 5. The van der Waals surface area contributed by atoms with Crippen LogP contribution in [0.1, 0.15) is 35.3 Å². The van der Waals surface area contributed by atoms with Crippen LogP contribution in [0.3, 0.4) is 0 Å². The van der Waals surface area contributed by atoms with Crippen molar-refractivity contribution >= 4 is 6.08 Å². The average Bonchev–Trinajstić information content (AvgIpc) is 2.95. The maximum absolute atomic E-state index is 10.9. The van der Waals surface area contributed by atoms with Gasteiger partial charge in [-0.2, -0.15) is 0 Å². The lowest BCUT2D eigenvalue weighted by Gasteiger charge is -2.15. The van der Waals surface area contributed by atoms with Gasteiger partial charge in [0.1, 0.15) is 42.3 Å². The summed E-state index contributed by atoms with van der Waals surface area (Å²) >= 11 is 0. The molecule has 1 atom stereocenters. The summed E-state index contributed by atoms with van der Waals surface area (Å²) < 4.78 is 23.2. The summed E-state index contributed by atoms with van der Waals surface area (Å²) in [7, 11) is 1.60. The highest BCUT2D eigenvalue weighted by molar-refractivity contribution is 5.60. The minimum atomic E-state index is -0.872. The van der Waals surface area contributed by atoms with Gasteiger partial charge in [0.15, 0.2) is 0 Å². The van der Waals surface area contributed by atoms with Gasteiger partial charge in [-0.05, 0) is 42.3 Å². The molecule has 5 heteroatoms. The maximum Gasteiger partial charge on any atom is 0.130 e. The van der Waals surface area contributed by atoms with Gasteiger partial charge in [-0.15, -0.1) is 0 Å². The first-order valence-electron chi connectivity index (χ1n) is 12.3. The number of methoxy groups -OCH3 is 1. The van der Waals surface area contributed by atoms with Crippen LogP contribution in [0, 0.1) is 0 Å². The highest BCUT2D eigenvalue weighted by atomic mass is 16.5. The Morgan fingerprint density at radius 3 is 1.97 bits per heavy atom. The van der Waals surface area contributed by atoms with Gasteiger partial charge in [-0.3, -0.25) is 0 Å². The van der Waals surface area contributed by atoms with Crippen LogP contribution < -0.4 is 18.9 Å². The molecule has 37 heavy (non-hydrogen) atoms. The van der Waals surface area contributed by atoms with Gasteiger partial charge in [0.05, 0.1) is 13.7 Å². The first kappa shape index (κ1) is 25.9. The smallest absolute Gasteiger partial charge is 0.130 e. The van der Waals surface area contributed by atoms with Crippen molar-refractivity contribution in [2.45, 2.75) is 26.2 Å². The van der Waals surface area contributed by atoms with Crippen LogP contribution in [0.4, 0.5) is 0 Å². The molecule has 4 rings (SSSR count). The van der Waals surface area contributed by atoms with E-state index in [2.05, 4.69) is 0 Å². The topological polar surface area (TPSA) is 57.2 Å². The van der Waals surface area contributed by atoms with Gasteiger partial charge in [0.2, 0.25) is 0 Å². The molecular weight excluding hydrogens is 464 g/mol. The van der Waals surface area contributed by atoms with Crippen molar-refractivity contribution in [3.63, 3.8) is 0 Å². The Morgan fingerprint density at radius 2 is 1.32 bits per heavy atom. The second kappa shape index (κ2) is 13.2. The number of rotatable bonds is 12. The number of ether oxygens (including phenoxy) is 4. The van der Waals surface area contributed by atoms with E-state index in [1.807, 2.05) is 104 Å². The highest BCUT2D eigenvalue weighted by Gasteiger charge is 2.13. The highest BCUT2D eigenvalue weighted by Crippen LogP contribution is 2.32. The fraction of sp³-hybridized carbons (Fsp3) is 0.188. The molecule has 0 aliphatic carbocycles. The molecule has 1 N–H and O–H groups in total. The molecule has 0 aromatic heterocycles. The van der Waals surface area contributed by atoms with Crippen molar-refractivity contribution in [2.75, 3.05) is 13.7 Å². The quantitative estimate of drug-likeness (QED) is 0.229. The Hall–Kier alpha value is -4.22. The predicted octanol–water partition coefficient (Wildman–Crippen LogP) is 7.00. The largest absolute Gasteiger partial charge is 0.497 e. The molecule has 0 aliphatic rings. The molecule has 4 aromatic carbocycles. The molecule has 0 saturated carbocycles. The van der Waals surface area contributed by atoms with Gasteiger partial charge in [0, 0.05) is 23.3 Å². The molecule has 190 valence electrons. The molecule has 0 spiro atoms. The second-order valence-corrected chi connectivity index (χ2v) is 8.39. The summed E-state index contributed by atoms with van der Waals surface area (Å²) in [6.07, 6.45) is 2.70. The second-order valence-electron chi connectivity index (χ2n) is 8.39. The van der Waals surface area contributed by atoms with E-state index in [0.29, 0.717) is 48.4 Å². The molecule has 0 fully saturated rings. The summed E-state index contributed by atoms with van der Waals surface area (Å²) in [6.45, 7) is 3.27. The van der Waals surface area contributed by atoms with Crippen LogP contribution in [-0.2, 0) is 13.2 Å². The first-order chi connectivity index (χ1) is 18.2. The van der Waals surface area contributed by atoms with E-state index in [1.54, 1.807) is 19.3 Å². The lowest BCUT2D eigenvalue weighted by molar-refractivity contribution is 0.220. The van der Waals surface area contributed by atoms with Crippen molar-refractivity contribution in [1.82, 2.24) is 0 Å². The fourth-order valence-corrected chi connectivity index (χ4v) is 3.81. The minimum absolute atomic E-state index is 0.416. The van der Waals surface area contributed by atoms with Crippen molar-refractivity contribution in [1.29, 1.82) is 0 Å². The minimum Gasteiger partial charge on any atom is -0.497 e. The van der Waals surface area contributed by atoms with E-state index >= 15 is 0 Å². The van der Waals surface area contributed by atoms with E-state index in [9.17, 15) is 5.11 Å². The third-order valence-corrected chi connectivity index (χ3v) is 5.77. The molecule has 4 aromatic rings. The Morgan fingerprint density at radius 1 is 0.703 bits per heavy atom. The van der Waals surface area contributed by atoms with Crippen LogP contribution in [0.2, 0.25) is 0 Å². The Bertz CT molecular complexity index is 1290. The van der Waals surface area contributed by atoms with Gasteiger partial charge in [0.25, 0.3) is 0 Å². The molecule has 0 aliphatic heterocycles. The van der Waals surface area contributed by atoms with E-state index < -0.39 is 6.10 Å². The van der Waals surface area contributed by atoms with Gasteiger partial charge in [-0.25, -0.2) is 0 Å². The van der Waals surface area contributed by atoms with Gasteiger partial charge >= 0.3 is 0 Å². The standard InChI is InChI=1S/C32H32O5/c1-3-35-32-20-27(34-2)17-18-29(32)30(33)19-15-26-14-16-28(36-22-24-10-6-4-7-11-24)21-31(26)37-23-25-12-8-5-9-13-25/h4-21,30,33H,3,22-23H2,1-2H3. The van der Waals surface area contributed by atoms with E-state index in [0.717, 1.165) is 16.7 Å². The normalized spacial score (nSPS) is 11.8. The molecule has 0 radical (unpaired) electrons. The van der Waals surface area contributed by atoms with Crippen molar-refractivity contribution in [2.24, 2.45) is 0 Å². The van der Waals surface area contributed by atoms with E-state index in [-0.39, 0.29) is 0 Å². The zero-order valence-electron chi connectivity index (χ0n) is 21.2. The molecular formula is C32H32O5. The van der Waals surface area contributed by atoms with E-state index in [4.69, 9.17) is 18.9 Å². The van der Waals surface area contributed by atoms with Crippen LogP contribution in [-0.4, -0.2) is 18.8 Å². The van der Waals surface area contributed by atoms with Crippen LogP contribution in [0.25, 0.3) is 6.08 Å². The maximum atomic E-state index is 10.9. The van der Waals surface area contributed by atoms with Crippen molar-refractivity contribution < 1.29 is 24.1 Å². The predicted molar refractivity (Wildman–Crippen MR) is 146 cm³/mol. The monoisotopic (exact) mass is 496 g/mol. The zero-order valence-corrected chi connectivity index (χ0v) is 21.2. The molecule has 0 amide bonds. The SMILES string of the molecule is CCOc1cc(OC)ccc1C(O)C=Cc1ccc(OCc2ccccc2)cc1OCc1ccccc1. The molecule has 0 saturated heterocycles. The Kier molecular flexibility index (Phi) is 9.22. The van der Waals surface area contributed by atoms with E-state index in [1.165, 1.54) is 0 Å². The Balaban J connectivity index is 1.55. The summed E-state index contributed by atoms with van der Waals surface area (Å²) in [5.74, 6) is 2.63. The summed E-state index contributed by atoms with van der Waals surface area (Å²) in [5, 5.41) is 10.9. The van der Waals surface area contributed by atoms with Gasteiger partial charge in [-0.1, -0.05) is 72.8 Å². The summed E-state index contributed by atoms with van der Waals surface area (Å²) in [5.41, 5.74) is 3.64. The Labute approximate surface area is 218 Å². The average molecular weight is 497 g/mol. The fourth-order valence-electron chi connectivity index (χ4n) is 3.81. The summed E-state index contributed by atoms with van der Waals surface area (Å²) in [6, 6.07) is 31.1. The number of aliphatic hydroxyl groups excluding tert-OH is 1. The lowest BCUT2D eigenvalue weighted by Crippen LogP contribution is -2.02. The van der Waals surface area contributed by atoms with Gasteiger partial charge < -0.3 is 24.1 Å². The number of benzene rings is 4. The lowest BCUT2D eigenvalue weighted by atomic mass is 10.1. The van der Waals surface area contributed by atoms with Crippen LogP contribution >= 0.6 is 0 Å². The molecule has 0 bridgehead atoms. The number of hydrogen-bond donors (Lipinski definition) is 1. The third kappa shape index (κ3) is 7.38. The first-order valence-corrected chi connectivity index (χ1v) is 12.3. The van der Waals surface area contributed by atoms with Crippen LogP contribution in [0.15, 0.2) is 103 Å². The molecule has 5 nitrogen and oxygen atoms in total. The zero-order chi connectivity index (χ0) is 25.9. The third-order valence-electron chi connectivity index (χ3n) is 5.77. The molecule has 0 heterocycles. The van der Waals surface area contributed by atoms with Crippen molar-refractivity contribution in [3.8, 4) is 23.0 Å². The van der Waals surface area contributed by atoms with Crippen LogP contribution in [0.5, 0.6) is 23.0 Å². The number of aliphatic hydroxyl groups is 1.